The lowest BCUT2D eigenvalue weighted by Crippen LogP contribution is -2.31. The van der Waals surface area contributed by atoms with Crippen LogP contribution in [0.5, 0.6) is 5.75 Å². The molecule has 1 saturated heterocycles. The number of thioether (sulfide) groups is 1. The number of hydrogen-bond acceptors (Lipinski definition) is 3. The zero-order valence-electron chi connectivity index (χ0n) is 13.7. The summed E-state index contributed by atoms with van der Waals surface area (Å²) >= 11 is 1.44. The molecule has 3 nitrogen and oxygen atoms in total. The average molecular weight is 379 g/mol. The first kappa shape index (κ1) is 17.3. The standard InChI is InChI=1S/C19H16F3NO2S/c20-19(21,22)25-14-6-3-5-13(10-14)18-23(17(24)11-26-18)16-9-8-12-4-1-2-7-15(12)16/h1-7,10,16,18H,8-9,11H2. The van der Waals surface area contributed by atoms with Crippen molar-refractivity contribution in [3.05, 3.63) is 65.2 Å². The van der Waals surface area contributed by atoms with Gasteiger partial charge in [0, 0.05) is 0 Å². The predicted octanol–water partition coefficient (Wildman–Crippen LogP) is 4.85. The Morgan fingerprint density at radius 1 is 1.12 bits per heavy atom. The summed E-state index contributed by atoms with van der Waals surface area (Å²) in [6.45, 7) is 0. The molecule has 0 aromatic heterocycles. The summed E-state index contributed by atoms with van der Waals surface area (Å²) in [4.78, 5) is 14.4. The minimum absolute atomic E-state index is 0.0174. The number of amides is 1. The second kappa shape index (κ2) is 6.54. The normalized spacial score (nSPS) is 22.6. The molecule has 0 bridgehead atoms. The summed E-state index contributed by atoms with van der Waals surface area (Å²) in [5.41, 5.74) is 3.01. The number of carbonyl (C=O) groups excluding carboxylic acids is 1. The van der Waals surface area contributed by atoms with Crippen molar-refractivity contribution in [3.63, 3.8) is 0 Å². The van der Waals surface area contributed by atoms with Crippen molar-refractivity contribution in [1.29, 1.82) is 0 Å². The van der Waals surface area contributed by atoms with Gasteiger partial charge in [-0.25, -0.2) is 0 Å². The Kier molecular flexibility index (Phi) is 4.34. The Bertz CT molecular complexity index is 840. The molecule has 26 heavy (non-hydrogen) atoms. The Labute approximate surface area is 153 Å². The summed E-state index contributed by atoms with van der Waals surface area (Å²) in [6, 6.07) is 13.9. The van der Waals surface area contributed by atoms with Crippen LogP contribution >= 0.6 is 11.8 Å². The largest absolute Gasteiger partial charge is 0.573 e. The number of rotatable bonds is 3. The van der Waals surface area contributed by atoms with E-state index in [0.29, 0.717) is 11.3 Å². The van der Waals surface area contributed by atoms with Crippen molar-refractivity contribution in [2.24, 2.45) is 0 Å². The summed E-state index contributed by atoms with van der Waals surface area (Å²) in [7, 11) is 0. The summed E-state index contributed by atoms with van der Waals surface area (Å²) in [5, 5.41) is -0.310. The average Bonchev–Trinajstić information content (AvgIpc) is 3.16. The van der Waals surface area contributed by atoms with Gasteiger partial charge in [0.25, 0.3) is 0 Å². The highest BCUT2D eigenvalue weighted by atomic mass is 32.2. The van der Waals surface area contributed by atoms with E-state index in [1.807, 2.05) is 23.1 Å². The molecule has 0 spiro atoms. The van der Waals surface area contributed by atoms with Crippen LogP contribution in [0.3, 0.4) is 0 Å². The number of aryl methyl sites for hydroxylation is 1. The van der Waals surface area contributed by atoms with Crippen molar-refractivity contribution in [2.75, 3.05) is 5.75 Å². The minimum Gasteiger partial charge on any atom is -0.406 e. The maximum Gasteiger partial charge on any atom is 0.573 e. The summed E-state index contributed by atoms with van der Waals surface area (Å²) in [5.74, 6) is 0.0822. The van der Waals surface area contributed by atoms with Gasteiger partial charge in [-0.2, -0.15) is 0 Å². The molecule has 136 valence electrons. The van der Waals surface area contributed by atoms with Gasteiger partial charge in [0.05, 0.1) is 11.8 Å². The molecule has 1 amide bonds. The smallest absolute Gasteiger partial charge is 0.406 e. The molecule has 1 aliphatic heterocycles. The number of nitrogens with zero attached hydrogens (tertiary/aromatic N) is 1. The molecule has 1 heterocycles. The molecule has 2 aromatic rings. The molecule has 0 saturated carbocycles. The fourth-order valence-corrected chi connectivity index (χ4v) is 4.93. The quantitative estimate of drug-likeness (QED) is 0.764. The molecule has 2 unspecified atom stereocenters. The topological polar surface area (TPSA) is 29.5 Å². The molecule has 2 atom stereocenters. The Hall–Kier alpha value is -2.15. The number of ether oxygens (including phenoxy) is 1. The molecular formula is C19H16F3NO2S. The van der Waals surface area contributed by atoms with Gasteiger partial charge in [-0.15, -0.1) is 24.9 Å². The van der Waals surface area contributed by atoms with Gasteiger partial charge in [0.1, 0.15) is 11.1 Å². The molecule has 1 fully saturated rings. The maximum atomic E-state index is 12.6. The van der Waals surface area contributed by atoms with E-state index in [9.17, 15) is 18.0 Å². The van der Waals surface area contributed by atoms with Crippen LogP contribution in [0.1, 0.15) is 34.5 Å². The Morgan fingerprint density at radius 3 is 2.73 bits per heavy atom. The van der Waals surface area contributed by atoms with Crippen molar-refractivity contribution in [2.45, 2.75) is 30.6 Å². The van der Waals surface area contributed by atoms with Crippen LogP contribution in [0, 0.1) is 0 Å². The fourth-order valence-electron chi connectivity index (χ4n) is 3.72. The van der Waals surface area contributed by atoms with Crippen LogP contribution in [0.4, 0.5) is 13.2 Å². The first-order valence-corrected chi connectivity index (χ1v) is 9.33. The molecule has 2 aliphatic rings. The van der Waals surface area contributed by atoms with Gasteiger partial charge in [0.2, 0.25) is 5.91 Å². The van der Waals surface area contributed by atoms with Crippen LogP contribution in [0.2, 0.25) is 0 Å². The highest BCUT2D eigenvalue weighted by Gasteiger charge is 2.41. The third-order valence-electron chi connectivity index (χ3n) is 4.72. The molecule has 0 N–H and O–H groups in total. The Morgan fingerprint density at radius 2 is 1.92 bits per heavy atom. The van der Waals surface area contributed by atoms with Crippen LogP contribution in [0.15, 0.2) is 48.5 Å². The first-order valence-electron chi connectivity index (χ1n) is 8.29. The van der Waals surface area contributed by atoms with Crippen molar-refractivity contribution in [1.82, 2.24) is 4.90 Å². The van der Waals surface area contributed by atoms with Crippen molar-refractivity contribution in [3.8, 4) is 5.75 Å². The van der Waals surface area contributed by atoms with Crippen LogP contribution in [-0.4, -0.2) is 22.9 Å². The first-order chi connectivity index (χ1) is 12.4. The van der Waals surface area contributed by atoms with E-state index in [-0.39, 0.29) is 23.1 Å². The fraction of sp³-hybridized carbons (Fsp3) is 0.316. The van der Waals surface area contributed by atoms with Gasteiger partial charge < -0.3 is 9.64 Å². The van der Waals surface area contributed by atoms with Gasteiger partial charge in [-0.3, -0.25) is 4.79 Å². The second-order valence-corrected chi connectivity index (χ2v) is 7.41. The van der Waals surface area contributed by atoms with Crippen LogP contribution in [0.25, 0.3) is 0 Å². The molecule has 7 heteroatoms. The number of hydrogen-bond donors (Lipinski definition) is 0. The zero-order valence-corrected chi connectivity index (χ0v) is 14.5. The highest BCUT2D eigenvalue weighted by molar-refractivity contribution is 8.00. The number of alkyl halides is 3. The number of halogens is 3. The Balaban J connectivity index is 1.65. The van der Waals surface area contributed by atoms with Crippen LogP contribution < -0.4 is 4.74 Å². The maximum absolute atomic E-state index is 12.6. The molecular weight excluding hydrogens is 363 g/mol. The molecule has 2 aromatic carbocycles. The zero-order chi connectivity index (χ0) is 18.3. The van der Waals surface area contributed by atoms with E-state index in [4.69, 9.17) is 0 Å². The molecule has 1 aliphatic carbocycles. The van der Waals surface area contributed by atoms with Gasteiger partial charge in [-0.1, -0.05) is 36.4 Å². The predicted molar refractivity (Wildman–Crippen MR) is 92.7 cm³/mol. The van der Waals surface area contributed by atoms with Crippen LogP contribution in [-0.2, 0) is 11.2 Å². The van der Waals surface area contributed by atoms with Gasteiger partial charge >= 0.3 is 6.36 Å². The number of benzene rings is 2. The lowest BCUT2D eigenvalue weighted by atomic mass is 10.1. The monoisotopic (exact) mass is 379 g/mol. The van der Waals surface area contributed by atoms with E-state index in [2.05, 4.69) is 10.8 Å². The summed E-state index contributed by atoms with van der Waals surface area (Å²) in [6.07, 6.45) is -3.00. The SMILES string of the molecule is O=C1CSC(c2cccc(OC(F)(F)F)c2)N1C1CCc2ccccc21. The van der Waals surface area contributed by atoms with Gasteiger partial charge in [0.15, 0.2) is 0 Å². The van der Waals surface area contributed by atoms with Gasteiger partial charge in [-0.05, 0) is 41.7 Å². The number of fused-ring (bicyclic) bond motifs is 1. The van der Waals surface area contributed by atoms with Crippen molar-refractivity contribution >= 4 is 17.7 Å². The lowest BCUT2D eigenvalue weighted by Gasteiger charge is -2.31. The highest BCUT2D eigenvalue weighted by Crippen LogP contribution is 2.48. The second-order valence-electron chi connectivity index (χ2n) is 6.34. The third kappa shape index (κ3) is 3.28. The summed E-state index contributed by atoms with van der Waals surface area (Å²) < 4.78 is 41.6. The van der Waals surface area contributed by atoms with E-state index >= 15 is 0 Å². The van der Waals surface area contributed by atoms with E-state index in [0.717, 1.165) is 18.4 Å². The van der Waals surface area contributed by atoms with E-state index < -0.39 is 6.36 Å². The third-order valence-corrected chi connectivity index (χ3v) is 5.95. The number of carbonyl (C=O) groups is 1. The lowest BCUT2D eigenvalue weighted by molar-refractivity contribution is -0.274. The molecule has 4 rings (SSSR count). The van der Waals surface area contributed by atoms with Crippen molar-refractivity contribution < 1.29 is 22.7 Å². The van der Waals surface area contributed by atoms with E-state index in [1.54, 1.807) is 6.07 Å². The minimum atomic E-state index is -4.73. The van der Waals surface area contributed by atoms with E-state index in [1.165, 1.54) is 35.5 Å². The molecule has 0 radical (unpaired) electrons.